The Hall–Kier alpha value is -0.600. The SMILES string of the molecule is C=C(CBr)C[C@@H](C)COCc1ccccc1. The maximum atomic E-state index is 5.67. The van der Waals surface area contributed by atoms with Crippen LogP contribution in [0.1, 0.15) is 18.9 Å². The highest BCUT2D eigenvalue weighted by atomic mass is 79.9. The molecule has 0 aliphatic rings. The maximum absolute atomic E-state index is 5.67. The second-order valence-corrected chi connectivity index (χ2v) is 4.75. The lowest BCUT2D eigenvalue weighted by atomic mass is 10.0. The highest BCUT2D eigenvalue weighted by Crippen LogP contribution is 2.12. The van der Waals surface area contributed by atoms with Gasteiger partial charge in [-0.15, -0.1) is 0 Å². The van der Waals surface area contributed by atoms with Crippen molar-refractivity contribution in [3.8, 4) is 0 Å². The Morgan fingerprint density at radius 2 is 2.06 bits per heavy atom. The molecule has 0 amide bonds. The van der Waals surface area contributed by atoms with Crippen molar-refractivity contribution in [3.63, 3.8) is 0 Å². The van der Waals surface area contributed by atoms with E-state index in [4.69, 9.17) is 4.74 Å². The first-order valence-corrected chi connectivity index (χ1v) is 6.68. The quantitative estimate of drug-likeness (QED) is 0.539. The van der Waals surface area contributed by atoms with Crippen LogP contribution in [0.15, 0.2) is 42.5 Å². The lowest BCUT2D eigenvalue weighted by Crippen LogP contribution is -2.07. The van der Waals surface area contributed by atoms with Crippen LogP contribution in [0.4, 0.5) is 0 Å². The van der Waals surface area contributed by atoms with Gasteiger partial charge in [-0.05, 0) is 17.9 Å². The van der Waals surface area contributed by atoms with Crippen LogP contribution >= 0.6 is 15.9 Å². The molecular weight excluding hydrogens is 264 g/mol. The standard InChI is InChI=1S/C14H19BrO/c1-12(9-15)8-13(2)10-16-11-14-6-4-3-5-7-14/h3-7,13H,1,8-11H2,2H3/t13-/m1/s1. The largest absolute Gasteiger partial charge is 0.376 e. The molecule has 0 heterocycles. The van der Waals surface area contributed by atoms with Gasteiger partial charge in [-0.2, -0.15) is 0 Å². The fourth-order valence-electron chi connectivity index (χ4n) is 1.56. The Morgan fingerprint density at radius 1 is 1.38 bits per heavy atom. The first kappa shape index (κ1) is 13.5. The third-order valence-electron chi connectivity index (χ3n) is 2.34. The summed E-state index contributed by atoms with van der Waals surface area (Å²) in [6, 6.07) is 10.3. The van der Waals surface area contributed by atoms with Crippen LogP contribution in [-0.4, -0.2) is 11.9 Å². The minimum atomic E-state index is 0.536. The number of ether oxygens (including phenoxy) is 1. The first-order valence-electron chi connectivity index (χ1n) is 5.56. The number of halogens is 1. The van der Waals surface area contributed by atoms with E-state index in [1.54, 1.807) is 0 Å². The smallest absolute Gasteiger partial charge is 0.0717 e. The number of hydrogen-bond donors (Lipinski definition) is 0. The molecule has 0 unspecified atom stereocenters. The average Bonchev–Trinajstić information content (AvgIpc) is 2.30. The van der Waals surface area contributed by atoms with Crippen molar-refractivity contribution in [1.82, 2.24) is 0 Å². The molecule has 1 aromatic rings. The minimum absolute atomic E-state index is 0.536. The Kier molecular flexibility index (Phi) is 6.43. The minimum Gasteiger partial charge on any atom is -0.376 e. The fourth-order valence-corrected chi connectivity index (χ4v) is 1.79. The maximum Gasteiger partial charge on any atom is 0.0717 e. The Morgan fingerprint density at radius 3 is 2.69 bits per heavy atom. The van der Waals surface area contributed by atoms with Crippen LogP contribution in [0.5, 0.6) is 0 Å². The van der Waals surface area contributed by atoms with Crippen LogP contribution in [0.2, 0.25) is 0 Å². The zero-order chi connectivity index (χ0) is 11.8. The predicted octanol–water partition coefficient (Wildman–Crippen LogP) is 4.18. The molecule has 0 N–H and O–H groups in total. The van der Waals surface area contributed by atoms with Gasteiger partial charge in [-0.3, -0.25) is 0 Å². The second-order valence-electron chi connectivity index (χ2n) is 4.19. The third kappa shape index (κ3) is 5.47. The van der Waals surface area contributed by atoms with Crippen LogP contribution in [-0.2, 0) is 11.3 Å². The molecule has 0 saturated heterocycles. The summed E-state index contributed by atoms with van der Waals surface area (Å²) in [5.41, 5.74) is 2.46. The van der Waals surface area contributed by atoms with Gasteiger partial charge in [-0.1, -0.05) is 65.3 Å². The number of alkyl halides is 1. The Balaban J connectivity index is 2.18. The number of benzene rings is 1. The van der Waals surface area contributed by atoms with Gasteiger partial charge in [0.05, 0.1) is 6.61 Å². The second kappa shape index (κ2) is 7.64. The van der Waals surface area contributed by atoms with Crippen molar-refractivity contribution < 1.29 is 4.74 Å². The van der Waals surface area contributed by atoms with Crippen LogP contribution in [0.25, 0.3) is 0 Å². The van der Waals surface area contributed by atoms with Crippen LogP contribution < -0.4 is 0 Å². The summed E-state index contributed by atoms with van der Waals surface area (Å²) in [5.74, 6) is 0.536. The van der Waals surface area contributed by atoms with Gasteiger partial charge < -0.3 is 4.74 Å². The van der Waals surface area contributed by atoms with Gasteiger partial charge in [0.2, 0.25) is 0 Å². The van der Waals surface area contributed by atoms with Gasteiger partial charge in [0.1, 0.15) is 0 Å². The first-order chi connectivity index (χ1) is 7.72. The lowest BCUT2D eigenvalue weighted by molar-refractivity contribution is 0.0922. The summed E-state index contributed by atoms with van der Waals surface area (Å²) in [6.45, 7) is 7.66. The summed E-state index contributed by atoms with van der Waals surface area (Å²) in [4.78, 5) is 0. The molecule has 0 saturated carbocycles. The summed E-state index contributed by atoms with van der Waals surface area (Å²) in [5, 5.41) is 0.885. The predicted molar refractivity (Wildman–Crippen MR) is 72.8 cm³/mol. The van der Waals surface area contributed by atoms with E-state index in [1.165, 1.54) is 11.1 Å². The topological polar surface area (TPSA) is 9.23 Å². The van der Waals surface area contributed by atoms with Crippen LogP contribution in [0, 0.1) is 5.92 Å². The normalized spacial score (nSPS) is 12.4. The average molecular weight is 283 g/mol. The van der Waals surface area contributed by atoms with E-state index < -0.39 is 0 Å². The highest BCUT2D eigenvalue weighted by Gasteiger charge is 2.04. The van der Waals surface area contributed by atoms with Crippen molar-refractivity contribution in [2.45, 2.75) is 20.0 Å². The zero-order valence-corrected chi connectivity index (χ0v) is 11.4. The molecule has 2 heteroatoms. The molecule has 0 aromatic heterocycles. The molecule has 0 bridgehead atoms. The van der Waals surface area contributed by atoms with E-state index >= 15 is 0 Å². The van der Waals surface area contributed by atoms with Gasteiger partial charge in [0.15, 0.2) is 0 Å². The van der Waals surface area contributed by atoms with Gasteiger partial charge in [0.25, 0.3) is 0 Å². The van der Waals surface area contributed by atoms with E-state index in [0.717, 1.165) is 18.4 Å². The van der Waals surface area contributed by atoms with E-state index in [0.29, 0.717) is 12.5 Å². The summed E-state index contributed by atoms with van der Waals surface area (Å²) >= 11 is 3.41. The highest BCUT2D eigenvalue weighted by molar-refractivity contribution is 9.09. The molecule has 0 aliphatic heterocycles. The molecule has 1 atom stereocenters. The summed E-state index contributed by atoms with van der Waals surface area (Å²) < 4.78 is 5.67. The van der Waals surface area contributed by atoms with E-state index in [9.17, 15) is 0 Å². The van der Waals surface area contributed by atoms with E-state index in [-0.39, 0.29) is 0 Å². The van der Waals surface area contributed by atoms with E-state index in [2.05, 4.69) is 41.6 Å². The molecule has 0 radical (unpaired) electrons. The van der Waals surface area contributed by atoms with Gasteiger partial charge in [0, 0.05) is 11.9 Å². The monoisotopic (exact) mass is 282 g/mol. The van der Waals surface area contributed by atoms with E-state index in [1.807, 2.05) is 18.2 Å². The Bertz CT molecular complexity index is 308. The number of rotatable bonds is 7. The molecular formula is C14H19BrO. The lowest BCUT2D eigenvalue weighted by Gasteiger charge is -2.12. The van der Waals surface area contributed by atoms with Crippen molar-refractivity contribution in [2.75, 3.05) is 11.9 Å². The van der Waals surface area contributed by atoms with Crippen molar-refractivity contribution in [2.24, 2.45) is 5.92 Å². The molecule has 1 nitrogen and oxygen atoms in total. The molecule has 16 heavy (non-hydrogen) atoms. The van der Waals surface area contributed by atoms with Crippen molar-refractivity contribution in [1.29, 1.82) is 0 Å². The fraction of sp³-hybridized carbons (Fsp3) is 0.429. The summed E-state index contributed by atoms with van der Waals surface area (Å²) in [6.07, 6.45) is 1.03. The van der Waals surface area contributed by atoms with Gasteiger partial charge in [-0.25, -0.2) is 0 Å². The molecule has 0 fully saturated rings. The number of allylic oxidation sites excluding steroid dienone is 1. The third-order valence-corrected chi connectivity index (χ3v) is 3.13. The molecule has 88 valence electrons. The van der Waals surface area contributed by atoms with Crippen molar-refractivity contribution in [3.05, 3.63) is 48.0 Å². The molecule has 0 aliphatic carbocycles. The summed E-state index contributed by atoms with van der Waals surface area (Å²) in [7, 11) is 0. The molecule has 1 rings (SSSR count). The molecule has 1 aromatic carbocycles. The number of hydrogen-bond acceptors (Lipinski definition) is 1. The van der Waals surface area contributed by atoms with Crippen molar-refractivity contribution >= 4 is 15.9 Å². The zero-order valence-electron chi connectivity index (χ0n) is 9.79. The van der Waals surface area contributed by atoms with Crippen LogP contribution in [0.3, 0.4) is 0 Å². The van der Waals surface area contributed by atoms with Gasteiger partial charge >= 0.3 is 0 Å². The molecule has 0 spiro atoms. The Labute approximate surface area is 107 Å².